The van der Waals surface area contributed by atoms with Gasteiger partial charge in [-0.2, -0.15) is 10.1 Å². The number of carbonyl (C=O) groups is 1. The van der Waals surface area contributed by atoms with E-state index in [1.807, 2.05) is 79.7 Å². The number of hydrazone groups is 1. The standard InChI is InChI=1S/C27H24N4O3/c1-18-8-6-7-11-23(18)29-19(2)31-27(32)22(26(30-31)21-9-4-3-5-10-21)16-28-15-20-12-13-24-25(14-20)34-17-33-24/h3-14,16,28H,15,17H2,1-2H3/b22-16-,29-19+. The van der Waals surface area contributed by atoms with Crippen LogP contribution in [0.4, 0.5) is 5.69 Å². The molecule has 0 saturated heterocycles. The lowest BCUT2D eigenvalue weighted by Crippen LogP contribution is -2.27. The molecule has 3 aromatic rings. The SMILES string of the molecule is C/C(=N\c1ccccc1C)N1N=C(c2ccccc2)/C(=C/NCc2ccc3c(c2)OCO3)C1=O. The number of carbonyl (C=O) groups excluding carboxylic acids is 1. The number of benzene rings is 3. The molecule has 1 N–H and O–H groups in total. The Balaban J connectivity index is 1.42. The van der Waals surface area contributed by atoms with E-state index in [9.17, 15) is 4.79 Å². The molecule has 0 fully saturated rings. The van der Waals surface area contributed by atoms with Crippen molar-refractivity contribution in [1.82, 2.24) is 10.3 Å². The van der Waals surface area contributed by atoms with Crippen LogP contribution in [0.3, 0.4) is 0 Å². The second-order valence-electron chi connectivity index (χ2n) is 8.00. The highest BCUT2D eigenvalue weighted by Gasteiger charge is 2.32. The number of aryl methyl sites for hydroxylation is 1. The van der Waals surface area contributed by atoms with E-state index < -0.39 is 0 Å². The number of hydrogen-bond acceptors (Lipinski definition) is 6. The number of fused-ring (bicyclic) bond motifs is 1. The number of hydrogen-bond donors (Lipinski definition) is 1. The van der Waals surface area contributed by atoms with E-state index in [1.54, 1.807) is 13.1 Å². The van der Waals surface area contributed by atoms with Gasteiger partial charge in [-0.05, 0) is 43.2 Å². The maximum atomic E-state index is 13.4. The molecule has 0 saturated carbocycles. The van der Waals surface area contributed by atoms with Crippen molar-refractivity contribution in [3.8, 4) is 11.5 Å². The fourth-order valence-corrected chi connectivity index (χ4v) is 3.81. The zero-order valence-corrected chi connectivity index (χ0v) is 19.0. The lowest BCUT2D eigenvalue weighted by Gasteiger charge is -2.11. The first-order chi connectivity index (χ1) is 16.6. The van der Waals surface area contributed by atoms with E-state index in [0.717, 1.165) is 33.9 Å². The maximum absolute atomic E-state index is 13.4. The van der Waals surface area contributed by atoms with Crippen molar-refractivity contribution in [3.05, 3.63) is 101 Å². The molecule has 2 aliphatic rings. The number of nitrogens with zero attached hydrogens (tertiary/aromatic N) is 3. The summed E-state index contributed by atoms with van der Waals surface area (Å²) >= 11 is 0. The third kappa shape index (κ3) is 4.28. The fourth-order valence-electron chi connectivity index (χ4n) is 3.81. The van der Waals surface area contributed by atoms with Crippen LogP contribution in [0, 0.1) is 6.92 Å². The van der Waals surface area contributed by atoms with Gasteiger partial charge in [0.2, 0.25) is 6.79 Å². The van der Waals surface area contributed by atoms with Crippen molar-refractivity contribution in [3.63, 3.8) is 0 Å². The van der Waals surface area contributed by atoms with Crippen LogP contribution in [0.1, 0.15) is 23.6 Å². The van der Waals surface area contributed by atoms with Crippen LogP contribution in [-0.4, -0.2) is 29.3 Å². The van der Waals surface area contributed by atoms with Crippen molar-refractivity contribution in [2.75, 3.05) is 6.79 Å². The summed E-state index contributed by atoms with van der Waals surface area (Å²) in [5.41, 5.74) is 4.79. The molecule has 2 heterocycles. The molecule has 0 aliphatic carbocycles. The van der Waals surface area contributed by atoms with E-state index in [0.29, 0.717) is 23.7 Å². The Morgan fingerprint density at radius 3 is 2.65 bits per heavy atom. The first-order valence-electron chi connectivity index (χ1n) is 11.0. The van der Waals surface area contributed by atoms with Gasteiger partial charge in [-0.25, -0.2) is 4.99 Å². The average Bonchev–Trinajstić information content (AvgIpc) is 3.45. The van der Waals surface area contributed by atoms with Crippen LogP contribution in [-0.2, 0) is 11.3 Å². The molecular weight excluding hydrogens is 428 g/mol. The Morgan fingerprint density at radius 1 is 1.06 bits per heavy atom. The third-order valence-electron chi connectivity index (χ3n) is 5.62. The van der Waals surface area contributed by atoms with Crippen LogP contribution in [0.2, 0.25) is 0 Å². The van der Waals surface area contributed by atoms with Crippen molar-refractivity contribution in [2.24, 2.45) is 10.1 Å². The van der Waals surface area contributed by atoms with E-state index in [1.165, 1.54) is 5.01 Å². The van der Waals surface area contributed by atoms with Crippen molar-refractivity contribution in [2.45, 2.75) is 20.4 Å². The molecule has 0 aromatic heterocycles. The number of ether oxygens (including phenoxy) is 2. The predicted octanol–water partition coefficient (Wildman–Crippen LogP) is 4.69. The summed E-state index contributed by atoms with van der Waals surface area (Å²) in [6, 6.07) is 23.2. The van der Waals surface area contributed by atoms with Gasteiger partial charge in [-0.1, -0.05) is 54.6 Å². The van der Waals surface area contributed by atoms with Crippen molar-refractivity contribution in [1.29, 1.82) is 0 Å². The van der Waals surface area contributed by atoms with Gasteiger partial charge in [0.05, 0.1) is 11.3 Å². The topological polar surface area (TPSA) is 75.5 Å². The van der Waals surface area contributed by atoms with Gasteiger partial charge in [0.15, 0.2) is 11.5 Å². The highest BCUT2D eigenvalue weighted by molar-refractivity contribution is 6.33. The highest BCUT2D eigenvalue weighted by atomic mass is 16.7. The van der Waals surface area contributed by atoms with Gasteiger partial charge >= 0.3 is 0 Å². The first kappa shape index (κ1) is 21.5. The maximum Gasteiger partial charge on any atom is 0.283 e. The summed E-state index contributed by atoms with van der Waals surface area (Å²) in [5.74, 6) is 1.74. The van der Waals surface area contributed by atoms with Gasteiger partial charge < -0.3 is 14.8 Å². The smallest absolute Gasteiger partial charge is 0.283 e. The number of aliphatic imine (C=N–C) groups is 1. The lowest BCUT2D eigenvalue weighted by atomic mass is 10.0. The Bertz CT molecular complexity index is 1330. The minimum atomic E-state index is -0.230. The van der Waals surface area contributed by atoms with Gasteiger partial charge in [-0.3, -0.25) is 4.79 Å². The molecule has 7 heteroatoms. The van der Waals surface area contributed by atoms with E-state index in [-0.39, 0.29) is 12.7 Å². The second kappa shape index (κ2) is 9.23. The molecule has 7 nitrogen and oxygen atoms in total. The summed E-state index contributed by atoms with van der Waals surface area (Å²) in [4.78, 5) is 18.0. The van der Waals surface area contributed by atoms with Crippen molar-refractivity contribution < 1.29 is 14.3 Å². The Morgan fingerprint density at radius 2 is 1.82 bits per heavy atom. The summed E-state index contributed by atoms with van der Waals surface area (Å²) in [6.45, 7) is 4.54. The molecule has 0 bridgehead atoms. The molecule has 0 spiro atoms. The normalized spacial score (nSPS) is 16.2. The number of amides is 1. The van der Waals surface area contributed by atoms with Crippen LogP contribution < -0.4 is 14.8 Å². The Kier molecular flexibility index (Phi) is 5.82. The molecule has 5 rings (SSSR count). The average molecular weight is 453 g/mol. The predicted molar refractivity (Wildman–Crippen MR) is 131 cm³/mol. The van der Waals surface area contributed by atoms with Gasteiger partial charge in [0.1, 0.15) is 11.5 Å². The molecule has 3 aromatic carbocycles. The quantitative estimate of drug-likeness (QED) is 0.346. The second-order valence-corrected chi connectivity index (χ2v) is 8.00. The van der Waals surface area contributed by atoms with Crippen LogP contribution in [0.15, 0.2) is 94.7 Å². The fraction of sp³-hybridized carbons (Fsp3) is 0.148. The number of para-hydroxylation sites is 1. The summed E-state index contributed by atoms with van der Waals surface area (Å²) in [6.07, 6.45) is 1.72. The Hall–Kier alpha value is -4.39. The summed E-state index contributed by atoms with van der Waals surface area (Å²) in [7, 11) is 0. The molecule has 0 atom stereocenters. The van der Waals surface area contributed by atoms with Crippen LogP contribution >= 0.6 is 0 Å². The third-order valence-corrected chi connectivity index (χ3v) is 5.62. The molecule has 0 unspecified atom stereocenters. The van der Waals surface area contributed by atoms with Crippen LogP contribution in [0.25, 0.3) is 0 Å². The molecule has 1 amide bonds. The first-order valence-corrected chi connectivity index (χ1v) is 11.0. The number of amidine groups is 1. The molecule has 0 radical (unpaired) electrons. The van der Waals surface area contributed by atoms with Crippen LogP contribution in [0.5, 0.6) is 11.5 Å². The Labute approximate surface area is 198 Å². The van der Waals surface area contributed by atoms with Gasteiger partial charge in [0, 0.05) is 18.3 Å². The van der Waals surface area contributed by atoms with E-state index in [2.05, 4.69) is 15.4 Å². The van der Waals surface area contributed by atoms with Gasteiger partial charge in [0.25, 0.3) is 5.91 Å². The lowest BCUT2D eigenvalue weighted by molar-refractivity contribution is -0.122. The minimum absolute atomic E-state index is 0.230. The molecule has 170 valence electrons. The summed E-state index contributed by atoms with van der Waals surface area (Å²) in [5, 5.41) is 9.26. The molecular formula is C27H24N4O3. The zero-order chi connectivity index (χ0) is 23.5. The monoisotopic (exact) mass is 452 g/mol. The van der Waals surface area contributed by atoms with Gasteiger partial charge in [-0.15, -0.1) is 0 Å². The highest BCUT2D eigenvalue weighted by Crippen LogP contribution is 2.32. The molecule has 34 heavy (non-hydrogen) atoms. The van der Waals surface area contributed by atoms with Crippen molar-refractivity contribution >= 4 is 23.1 Å². The molecule has 2 aliphatic heterocycles. The van der Waals surface area contributed by atoms with E-state index in [4.69, 9.17) is 9.47 Å². The summed E-state index contributed by atoms with van der Waals surface area (Å²) < 4.78 is 10.8. The number of nitrogens with one attached hydrogen (secondary N) is 1. The minimum Gasteiger partial charge on any atom is -0.454 e. The zero-order valence-electron chi connectivity index (χ0n) is 19.0. The number of rotatable bonds is 5. The largest absolute Gasteiger partial charge is 0.454 e. The van der Waals surface area contributed by atoms with E-state index >= 15 is 0 Å².